The molecule has 15 heteroatoms. The number of carbonyl (C=O) groups excluding carboxylic acids is 3. The molecule has 1 saturated heterocycles. The molecule has 45 heavy (non-hydrogen) atoms. The SMILES string of the molecule is COCc1nc(=O)n(C(=O)NCCCN2CCC3(CC2)OC(=O)Nc2ccc(Cl)cc23)c(-c2ccc(F)c(F)c2)c1C(=O)OC. The number of esters is 1. The maximum absolute atomic E-state index is 14.3. The number of benzene rings is 2. The lowest BCUT2D eigenvalue weighted by atomic mass is 9.82. The van der Waals surface area contributed by atoms with E-state index in [0.29, 0.717) is 54.2 Å². The van der Waals surface area contributed by atoms with Crippen LogP contribution in [0.4, 0.5) is 24.1 Å². The molecule has 0 bridgehead atoms. The fourth-order valence-electron chi connectivity index (χ4n) is 5.69. The van der Waals surface area contributed by atoms with Crippen LogP contribution in [0.2, 0.25) is 5.02 Å². The maximum atomic E-state index is 14.3. The number of rotatable bonds is 8. The topological polar surface area (TPSA) is 141 Å². The van der Waals surface area contributed by atoms with Gasteiger partial charge in [0.15, 0.2) is 11.6 Å². The van der Waals surface area contributed by atoms with E-state index in [-0.39, 0.29) is 35.7 Å². The average molecular weight is 646 g/mol. The van der Waals surface area contributed by atoms with Gasteiger partial charge in [0.25, 0.3) is 0 Å². The lowest BCUT2D eigenvalue weighted by Gasteiger charge is -2.44. The third kappa shape index (κ3) is 6.53. The van der Waals surface area contributed by atoms with Gasteiger partial charge in [0.1, 0.15) is 11.2 Å². The van der Waals surface area contributed by atoms with Gasteiger partial charge in [-0.3, -0.25) is 5.32 Å². The second-order valence-corrected chi connectivity index (χ2v) is 11.0. The molecule has 0 unspecified atom stereocenters. The molecular weight excluding hydrogens is 616 g/mol. The van der Waals surface area contributed by atoms with Gasteiger partial charge in [-0.2, -0.15) is 4.98 Å². The van der Waals surface area contributed by atoms with Gasteiger partial charge in [-0.25, -0.2) is 32.5 Å². The third-order valence-electron chi connectivity index (χ3n) is 7.83. The van der Waals surface area contributed by atoms with Crippen LogP contribution in [-0.4, -0.2) is 72.9 Å². The number of piperidine rings is 1. The number of fused-ring (bicyclic) bond motifs is 2. The Hall–Kier alpha value is -4.40. The predicted molar refractivity (Wildman–Crippen MR) is 158 cm³/mol. The zero-order valence-electron chi connectivity index (χ0n) is 24.5. The number of likely N-dealkylation sites (tertiary alicyclic amines) is 1. The molecule has 2 aliphatic heterocycles. The van der Waals surface area contributed by atoms with Gasteiger partial charge in [-0.15, -0.1) is 0 Å². The Balaban J connectivity index is 1.30. The third-order valence-corrected chi connectivity index (χ3v) is 8.06. The predicted octanol–water partition coefficient (Wildman–Crippen LogP) is 4.28. The van der Waals surface area contributed by atoms with Gasteiger partial charge < -0.3 is 24.4 Å². The molecular formula is C30H30ClF2N5O7. The molecule has 12 nitrogen and oxygen atoms in total. The first kappa shape index (κ1) is 32.0. The first-order valence-electron chi connectivity index (χ1n) is 14.1. The fraction of sp³-hybridized carbons (Fsp3) is 0.367. The van der Waals surface area contributed by atoms with E-state index >= 15 is 0 Å². The van der Waals surface area contributed by atoms with Gasteiger partial charge in [-0.1, -0.05) is 11.6 Å². The van der Waals surface area contributed by atoms with Crippen molar-refractivity contribution in [3.05, 3.63) is 80.4 Å². The Kier molecular flexibility index (Phi) is 9.46. The average Bonchev–Trinajstić information content (AvgIpc) is 3.01. The molecule has 2 N–H and O–H groups in total. The Bertz CT molecular complexity index is 1710. The summed E-state index contributed by atoms with van der Waals surface area (Å²) >= 11 is 6.22. The normalized spacial score (nSPS) is 15.6. The Morgan fingerprint density at radius 3 is 2.56 bits per heavy atom. The minimum Gasteiger partial charge on any atom is -0.465 e. The molecule has 1 aromatic heterocycles. The number of nitrogens with zero attached hydrogens (tertiary/aromatic N) is 3. The van der Waals surface area contributed by atoms with E-state index in [9.17, 15) is 28.0 Å². The molecule has 0 atom stereocenters. The van der Waals surface area contributed by atoms with Gasteiger partial charge in [0, 0.05) is 55.7 Å². The van der Waals surface area contributed by atoms with E-state index in [0.717, 1.165) is 30.9 Å². The van der Waals surface area contributed by atoms with Crippen LogP contribution >= 0.6 is 11.6 Å². The molecule has 0 radical (unpaired) electrons. The van der Waals surface area contributed by atoms with E-state index in [1.54, 1.807) is 18.2 Å². The molecule has 0 saturated carbocycles. The zero-order valence-corrected chi connectivity index (χ0v) is 25.2. The van der Waals surface area contributed by atoms with Crippen molar-refractivity contribution in [3.63, 3.8) is 0 Å². The molecule has 3 heterocycles. The van der Waals surface area contributed by atoms with Crippen LogP contribution in [0.3, 0.4) is 0 Å². The summed E-state index contributed by atoms with van der Waals surface area (Å²) < 4.78 is 44.3. The van der Waals surface area contributed by atoms with Crippen molar-refractivity contribution >= 4 is 35.4 Å². The first-order valence-corrected chi connectivity index (χ1v) is 14.4. The Labute approximate surface area is 261 Å². The van der Waals surface area contributed by atoms with Gasteiger partial charge in [-0.05, 0) is 49.4 Å². The number of hydrogen-bond donors (Lipinski definition) is 2. The number of aromatic nitrogens is 2. The number of carbonyl (C=O) groups is 3. The summed E-state index contributed by atoms with van der Waals surface area (Å²) in [6.45, 7) is 1.65. The van der Waals surface area contributed by atoms with Crippen LogP contribution in [0.25, 0.3) is 11.3 Å². The second-order valence-electron chi connectivity index (χ2n) is 10.6. The molecule has 2 aliphatic rings. The highest BCUT2D eigenvalue weighted by molar-refractivity contribution is 6.30. The van der Waals surface area contributed by atoms with Crippen molar-refractivity contribution < 1.29 is 37.4 Å². The number of ether oxygens (including phenoxy) is 3. The molecule has 0 aliphatic carbocycles. The number of amides is 2. The monoisotopic (exact) mass is 645 g/mol. The van der Waals surface area contributed by atoms with Crippen molar-refractivity contribution in [1.82, 2.24) is 19.8 Å². The Morgan fingerprint density at radius 1 is 1.11 bits per heavy atom. The van der Waals surface area contributed by atoms with Crippen molar-refractivity contribution in [3.8, 4) is 11.3 Å². The summed E-state index contributed by atoms with van der Waals surface area (Å²) in [5, 5.41) is 5.90. The number of anilines is 1. The lowest BCUT2D eigenvalue weighted by molar-refractivity contribution is -0.0378. The molecule has 1 fully saturated rings. The van der Waals surface area contributed by atoms with Crippen molar-refractivity contribution in [2.45, 2.75) is 31.5 Å². The summed E-state index contributed by atoms with van der Waals surface area (Å²) in [5.74, 6) is -3.36. The standard InChI is InChI=1S/C30H30ClF2N5O7/c1-43-16-23-24(26(39)44-2)25(17-4-6-20(32)21(33)14-17)38(28(41)35-23)27(40)34-10-3-11-37-12-8-30(9-13-37)19-15-18(31)5-7-22(19)36-29(42)45-30/h4-7,14-15H,3,8-13,16H2,1-2H3,(H,34,40)(H,36,42). The van der Waals surface area contributed by atoms with E-state index in [2.05, 4.69) is 20.5 Å². The van der Waals surface area contributed by atoms with Crippen LogP contribution in [0.15, 0.2) is 41.2 Å². The largest absolute Gasteiger partial charge is 0.465 e. The highest BCUT2D eigenvalue weighted by Crippen LogP contribution is 2.44. The number of hydrogen-bond acceptors (Lipinski definition) is 9. The summed E-state index contributed by atoms with van der Waals surface area (Å²) in [5.41, 5.74) is -1.21. The summed E-state index contributed by atoms with van der Waals surface area (Å²) in [7, 11) is 2.41. The smallest absolute Gasteiger partial charge is 0.412 e. The number of nitrogens with one attached hydrogen (secondary N) is 2. The summed E-state index contributed by atoms with van der Waals surface area (Å²) in [4.78, 5) is 57.5. The summed E-state index contributed by atoms with van der Waals surface area (Å²) in [6.07, 6.45) is 1.06. The molecule has 3 aromatic rings. The van der Waals surface area contributed by atoms with Crippen molar-refractivity contribution in [1.29, 1.82) is 0 Å². The van der Waals surface area contributed by atoms with Gasteiger partial charge >= 0.3 is 23.8 Å². The zero-order chi connectivity index (χ0) is 32.3. The van der Waals surface area contributed by atoms with Crippen molar-refractivity contribution in [2.75, 3.05) is 45.7 Å². The molecule has 238 valence electrons. The van der Waals surface area contributed by atoms with Crippen LogP contribution in [0, 0.1) is 11.6 Å². The van der Waals surface area contributed by atoms with Crippen LogP contribution < -0.4 is 16.3 Å². The second kappa shape index (κ2) is 13.3. The van der Waals surface area contributed by atoms with E-state index in [1.165, 1.54) is 7.11 Å². The maximum Gasteiger partial charge on any atom is 0.412 e. The minimum absolute atomic E-state index is 0.120. The number of halogens is 3. The highest BCUT2D eigenvalue weighted by Gasteiger charge is 2.44. The fourth-order valence-corrected chi connectivity index (χ4v) is 5.86. The van der Waals surface area contributed by atoms with Crippen LogP contribution in [0.1, 0.15) is 40.9 Å². The van der Waals surface area contributed by atoms with Crippen LogP contribution in [0.5, 0.6) is 0 Å². The van der Waals surface area contributed by atoms with E-state index in [1.807, 2.05) is 0 Å². The quantitative estimate of drug-likeness (QED) is 0.271. The molecule has 1 spiro atoms. The lowest BCUT2D eigenvalue weighted by Crippen LogP contribution is -2.48. The van der Waals surface area contributed by atoms with E-state index < -0.39 is 41.0 Å². The minimum atomic E-state index is -1.25. The van der Waals surface area contributed by atoms with Crippen LogP contribution in [-0.2, 0) is 26.4 Å². The molecule has 2 aromatic carbocycles. The highest BCUT2D eigenvalue weighted by atomic mass is 35.5. The van der Waals surface area contributed by atoms with E-state index in [4.69, 9.17) is 25.8 Å². The molecule has 2 amide bonds. The summed E-state index contributed by atoms with van der Waals surface area (Å²) in [6, 6.07) is 7.07. The molecule has 5 rings (SSSR count). The number of methoxy groups -OCH3 is 2. The van der Waals surface area contributed by atoms with Crippen molar-refractivity contribution in [2.24, 2.45) is 0 Å². The Morgan fingerprint density at radius 2 is 1.87 bits per heavy atom. The first-order chi connectivity index (χ1) is 21.6. The van der Waals surface area contributed by atoms with Gasteiger partial charge in [0.05, 0.1) is 30.8 Å². The van der Waals surface area contributed by atoms with Gasteiger partial charge in [0.2, 0.25) is 0 Å².